The summed E-state index contributed by atoms with van der Waals surface area (Å²) in [4.78, 5) is 13.1. The number of benzene rings is 2. The van der Waals surface area contributed by atoms with Crippen molar-refractivity contribution in [2.24, 2.45) is 0 Å². The Morgan fingerprint density at radius 3 is 2.47 bits per heavy atom. The number of nitrogens with two attached hydrogens (primary N) is 1. The van der Waals surface area contributed by atoms with Crippen LogP contribution in [0.4, 0.5) is 11.4 Å². The summed E-state index contributed by atoms with van der Waals surface area (Å²) in [6, 6.07) is 12.4. The molecule has 1 amide bonds. The molecule has 3 nitrogen and oxygen atoms in total. The van der Waals surface area contributed by atoms with Gasteiger partial charge in [0.2, 0.25) is 0 Å². The van der Waals surface area contributed by atoms with Crippen LogP contribution in [-0.2, 0) is 0 Å². The zero-order valence-electron chi connectivity index (χ0n) is 10.3. The van der Waals surface area contributed by atoms with Crippen LogP contribution in [0.25, 0.3) is 0 Å². The topological polar surface area (TPSA) is 55.1 Å². The molecule has 19 heavy (non-hydrogen) atoms. The normalized spacial score (nSPS) is 10.2. The summed E-state index contributed by atoms with van der Waals surface area (Å²) < 4.78 is 0. The van der Waals surface area contributed by atoms with E-state index in [-0.39, 0.29) is 5.91 Å². The van der Waals surface area contributed by atoms with E-state index in [4.69, 9.17) is 17.3 Å². The lowest BCUT2D eigenvalue weighted by Crippen LogP contribution is -2.11. The van der Waals surface area contributed by atoms with Crippen molar-refractivity contribution >= 4 is 40.6 Å². The average molecular weight is 293 g/mol. The smallest absolute Gasteiger partial charge is 0.255 e. The van der Waals surface area contributed by atoms with Crippen LogP contribution in [0.15, 0.2) is 47.4 Å². The Labute approximate surface area is 121 Å². The van der Waals surface area contributed by atoms with Crippen molar-refractivity contribution in [1.82, 2.24) is 0 Å². The number of carbonyl (C=O) groups is 1. The second kappa shape index (κ2) is 5.99. The molecule has 0 saturated carbocycles. The largest absolute Gasteiger partial charge is 0.397 e. The first-order valence-corrected chi connectivity index (χ1v) is 7.21. The van der Waals surface area contributed by atoms with Crippen LogP contribution in [0.2, 0.25) is 5.02 Å². The van der Waals surface area contributed by atoms with Gasteiger partial charge in [0, 0.05) is 16.1 Å². The highest BCUT2D eigenvalue weighted by atomic mass is 35.5. The van der Waals surface area contributed by atoms with E-state index in [1.165, 1.54) is 0 Å². The molecule has 3 N–H and O–H groups in total. The van der Waals surface area contributed by atoms with E-state index >= 15 is 0 Å². The quantitative estimate of drug-likeness (QED) is 0.666. The van der Waals surface area contributed by atoms with Crippen LogP contribution >= 0.6 is 23.4 Å². The highest BCUT2D eigenvalue weighted by molar-refractivity contribution is 7.98. The number of anilines is 2. The Hall–Kier alpha value is -1.65. The highest BCUT2D eigenvalue weighted by Crippen LogP contribution is 2.23. The van der Waals surface area contributed by atoms with Gasteiger partial charge >= 0.3 is 0 Å². The molecule has 98 valence electrons. The number of nitrogen functional groups attached to an aromatic ring is 1. The van der Waals surface area contributed by atoms with Gasteiger partial charge in [-0.15, -0.1) is 11.8 Å². The summed E-state index contributed by atoms with van der Waals surface area (Å²) in [5.74, 6) is -0.172. The molecule has 0 unspecified atom stereocenters. The van der Waals surface area contributed by atoms with Crippen molar-refractivity contribution in [3.63, 3.8) is 0 Å². The number of amides is 1. The number of carbonyl (C=O) groups excluding carboxylic acids is 1. The lowest BCUT2D eigenvalue weighted by molar-refractivity contribution is 0.102. The monoisotopic (exact) mass is 292 g/mol. The summed E-state index contributed by atoms with van der Waals surface area (Å²) in [5, 5.41) is 3.25. The van der Waals surface area contributed by atoms with Gasteiger partial charge in [-0.05, 0) is 48.7 Å². The van der Waals surface area contributed by atoms with Crippen molar-refractivity contribution in [2.75, 3.05) is 17.3 Å². The molecule has 0 spiro atoms. The fraction of sp³-hybridized carbons (Fsp3) is 0.0714. The van der Waals surface area contributed by atoms with Crippen molar-refractivity contribution in [1.29, 1.82) is 0 Å². The number of hydrogen-bond acceptors (Lipinski definition) is 3. The molecule has 0 bridgehead atoms. The average Bonchev–Trinajstić information content (AvgIpc) is 2.43. The molecule has 0 saturated heterocycles. The first-order valence-electron chi connectivity index (χ1n) is 5.60. The molecule has 5 heteroatoms. The maximum Gasteiger partial charge on any atom is 0.255 e. The molecule has 0 heterocycles. The summed E-state index contributed by atoms with van der Waals surface area (Å²) in [5.41, 5.74) is 7.36. The molecule has 0 aliphatic carbocycles. The zero-order valence-corrected chi connectivity index (χ0v) is 11.9. The van der Waals surface area contributed by atoms with E-state index in [1.54, 1.807) is 42.1 Å². The minimum atomic E-state index is -0.172. The van der Waals surface area contributed by atoms with Gasteiger partial charge in [0.15, 0.2) is 0 Å². The van der Waals surface area contributed by atoms with Gasteiger partial charge in [-0.25, -0.2) is 0 Å². The fourth-order valence-electron chi connectivity index (χ4n) is 1.57. The van der Waals surface area contributed by atoms with Crippen LogP contribution < -0.4 is 11.1 Å². The van der Waals surface area contributed by atoms with E-state index in [0.717, 1.165) is 4.90 Å². The van der Waals surface area contributed by atoms with Crippen LogP contribution in [0.5, 0.6) is 0 Å². The lowest BCUT2D eigenvalue weighted by Gasteiger charge is -2.07. The van der Waals surface area contributed by atoms with Crippen LogP contribution in [0.1, 0.15) is 10.4 Å². The molecule has 2 aromatic carbocycles. The van der Waals surface area contributed by atoms with Crippen LogP contribution in [0, 0.1) is 0 Å². The van der Waals surface area contributed by atoms with E-state index in [0.29, 0.717) is 22.0 Å². The molecular weight excluding hydrogens is 280 g/mol. The van der Waals surface area contributed by atoms with Crippen LogP contribution in [-0.4, -0.2) is 12.2 Å². The van der Waals surface area contributed by atoms with Crippen molar-refractivity contribution < 1.29 is 4.79 Å². The maximum atomic E-state index is 12.0. The van der Waals surface area contributed by atoms with Gasteiger partial charge < -0.3 is 11.1 Å². The molecular formula is C14H13ClN2OS. The van der Waals surface area contributed by atoms with Crippen molar-refractivity contribution in [3.05, 3.63) is 53.1 Å². The Balaban J connectivity index is 2.13. The van der Waals surface area contributed by atoms with Crippen LogP contribution in [0.3, 0.4) is 0 Å². The van der Waals surface area contributed by atoms with Gasteiger partial charge in [-0.3, -0.25) is 4.79 Å². The van der Waals surface area contributed by atoms with Gasteiger partial charge in [-0.1, -0.05) is 11.6 Å². The van der Waals surface area contributed by atoms with Gasteiger partial charge in [0.25, 0.3) is 5.91 Å². The maximum absolute atomic E-state index is 12.0. The summed E-state index contributed by atoms with van der Waals surface area (Å²) in [6.07, 6.45) is 1.99. The molecule has 0 atom stereocenters. The number of halogens is 1. The summed E-state index contributed by atoms with van der Waals surface area (Å²) >= 11 is 7.46. The van der Waals surface area contributed by atoms with Crippen molar-refractivity contribution in [2.45, 2.75) is 4.90 Å². The Morgan fingerprint density at radius 1 is 1.21 bits per heavy atom. The second-order valence-electron chi connectivity index (χ2n) is 3.92. The lowest BCUT2D eigenvalue weighted by atomic mass is 10.2. The molecule has 0 aliphatic rings. The predicted octanol–water partition coefficient (Wildman–Crippen LogP) is 3.90. The number of thioether (sulfide) groups is 1. The standard InChI is InChI=1S/C14H13ClN2OS/c1-19-11-5-2-9(3-6-11)14(18)17-10-4-7-12(15)13(16)8-10/h2-8H,16H2,1H3,(H,17,18). The minimum Gasteiger partial charge on any atom is -0.397 e. The van der Waals surface area contributed by atoms with Gasteiger partial charge in [0.05, 0.1) is 10.7 Å². The fourth-order valence-corrected chi connectivity index (χ4v) is 2.09. The highest BCUT2D eigenvalue weighted by Gasteiger charge is 2.07. The first-order chi connectivity index (χ1) is 9.10. The number of nitrogens with one attached hydrogen (secondary N) is 1. The molecule has 0 aliphatic heterocycles. The van der Waals surface area contributed by atoms with E-state index in [9.17, 15) is 4.79 Å². The molecule has 0 aromatic heterocycles. The van der Waals surface area contributed by atoms with E-state index < -0.39 is 0 Å². The Kier molecular flexibility index (Phi) is 4.35. The van der Waals surface area contributed by atoms with E-state index in [1.807, 2.05) is 18.4 Å². The minimum absolute atomic E-state index is 0.172. The summed E-state index contributed by atoms with van der Waals surface area (Å²) in [7, 11) is 0. The van der Waals surface area contributed by atoms with Gasteiger partial charge in [-0.2, -0.15) is 0 Å². The van der Waals surface area contributed by atoms with E-state index in [2.05, 4.69) is 5.32 Å². The molecule has 2 rings (SSSR count). The summed E-state index contributed by atoms with van der Waals surface area (Å²) in [6.45, 7) is 0. The Bertz CT molecular complexity index is 599. The number of rotatable bonds is 3. The zero-order chi connectivity index (χ0) is 13.8. The second-order valence-corrected chi connectivity index (χ2v) is 5.21. The predicted molar refractivity (Wildman–Crippen MR) is 82.0 cm³/mol. The van der Waals surface area contributed by atoms with Gasteiger partial charge in [0.1, 0.15) is 0 Å². The molecule has 0 fully saturated rings. The number of hydrogen-bond donors (Lipinski definition) is 2. The third-order valence-corrected chi connectivity index (χ3v) is 3.69. The Morgan fingerprint density at radius 2 is 1.89 bits per heavy atom. The molecule has 2 aromatic rings. The molecule has 0 radical (unpaired) electrons. The third kappa shape index (κ3) is 3.43. The SMILES string of the molecule is CSc1ccc(C(=O)Nc2ccc(Cl)c(N)c2)cc1. The first kappa shape index (κ1) is 13.8. The van der Waals surface area contributed by atoms with Crippen molar-refractivity contribution in [3.8, 4) is 0 Å². The third-order valence-electron chi connectivity index (χ3n) is 2.61.